The smallest absolute Gasteiger partial charge is 0.237 e. The number of amides is 1. The second-order valence-corrected chi connectivity index (χ2v) is 9.75. The fraction of sp³-hybridized carbons (Fsp3) is 0.308. The summed E-state index contributed by atoms with van der Waals surface area (Å²) < 4.78 is 20.0. The number of likely N-dealkylation sites (tertiary alicyclic amines) is 1. The van der Waals surface area contributed by atoms with Crippen LogP contribution in [0.3, 0.4) is 0 Å². The third-order valence-electron chi connectivity index (χ3n) is 6.68. The Kier molecular flexibility index (Phi) is 5.55. The van der Waals surface area contributed by atoms with Gasteiger partial charge in [0.05, 0.1) is 23.6 Å². The zero-order valence-corrected chi connectivity index (χ0v) is 19.4. The number of para-hydroxylation sites is 1. The molecule has 4 heterocycles. The van der Waals surface area contributed by atoms with Crippen LogP contribution < -0.4 is 4.74 Å². The molecule has 34 heavy (non-hydrogen) atoms. The lowest BCUT2D eigenvalue weighted by Gasteiger charge is -2.28. The topological polar surface area (TPSA) is 61.5 Å². The van der Waals surface area contributed by atoms with Gasteiger partial charge in [0.15, 0.2) is 0 Å². The Morgan fingerprint density at radius 2 is 2.15 bits per heavy atom. The number of aromatic amines is 1. The Morgan fingerprint density at radius 3 is 3.03 bits per heavy atom. The molecule has 8 heteroatoms. The second-order valence-electron chi connectivity index (χ2n) is 8.97. The molecule has 2 aromatic heterocycles. The molecule has 0 unspecified atom stereocenters. The van der Waals surface area contributed by atoms with Crippen molar-refractivity contribution in [1.29, 1.82) is 0 Å². The van der Waals surface area contributed by atoms with Gasteiger partial charge in [-0.05, 0) is 53.9 Å². The van der Waals surface area contributed by atoms with Gasteiger partial charge in [0.2, 0.25) is 5.91 Å². The quantitative estimate of drug-likeness (QED) is 0.447. The molecule has 174 valence electrons. The van der Waals surface area contributed by atoms with Crippen molar-refractivity contribution in [3.8, 4) is 5.75 Å². The number of nitrogens with zero attached hydrogens (tertiary/aromatic N) is 3. The second kappa shape index (κ2) is 8.85. The van der Waals surface area contributed by atoms with Crippen LogP contribution in [0.15, 0.2) is 59.3 Å². The van der Waals surface area contributed by atoms with Gasteiger partial charge in [0, 0.05) is 30.8 Å². The summed E-state index contributed by atoms with van der Waals surface area (Å²) in [5.41, 5.74) is 3.60. The molecule has 0 saturated carbocycles. The van der Waals surface area contributed by atoms with Gasteiger partial charge in [0.25, 0.3) is 0 Å². The Balaban J connectivity index is 1.23. The zero-order chi connectivity index (χ0) is 23.1. The van der Waals surface area contributed by atoms with Crippen molar-refractivity contribution in [3.05, 3.63) is 82.1 Å². The first-order chi connectivity index (χ1) is 16.6. The van der Waals surface area contributed by atoms with E-state index in [9.17, 15) is 9.18 Å². The minimum Gasteiger partial charge on any atom is -0.484 e. The fourth-order valence-electron chi connectivity index (χ4n) is 5.02. The van der Waals surface area contributed by atoms with Crippen molar-refractivity contribution in [2.24, 2.45) is 0 Å². The number of fused-ring (bicyclic) bond motifs is 2. The highest BCUT2D eigenvalue weighted by Crippen LogP contribution is 2.34. The van der Waals surface area contributed by atoms with E-state index in [0.717, 1.165) is 41.1 Å². The Morgan fingerprint density at radius 1 is 1.24 bits per heavy atom. The largest absolute Gasteiger partial charge is 0.484 e. The van der Waals surface area contributed by atoms with Crippen LogP contribution in [-0.2, 0) is 11.3 Å². The molecule has 2 aliphatic heterocycles. The molecule has 1 amide bonds. The van der Waals surface area contributed by atoms with Crippen LogP contribution in [0.2, 0.25) is 0 Å². The number of hydrogen-bond donors (Lipinski definition) is 1. The molecule has 6 nitrogen and oxygen atoms in total. The molecular weight excluding hydrogens is 451 g/mol. The molecule has 0 spiro atoms. The molecule has 0 aliphatic carbocycles. The van der Waals surface area contributed by atoms with E-state index < -0.39 is 0 Å². The molecule has 0 radical (unpaired) electrons. The molecule has 1 fully saturated rings. The normalized spacial score (nSPS) is 20.8. The average molecular weight is 477 g/mol. The van der Waals surface area contributed by atoms with Gasteiger partial charge in [0.1, 0.15) is 23.5 Å². The number of hydrogen-bond acceptors (Lipinski definition) is 5. The van der Waals surface area contributed by atoms with E-state index >= 15 is 0 Å². The number of aromatic nitrogens is 2. The van der Waals surface area contributed by atoms with E-state index in [4.69, 9.17) is 4.74 Å². The van der Waals surface area contributed by atoms with Crippen molar-refractivity contribution >= 4 is 28.3 Å². The number of carbonyl (C=O) groups is 1. The van der Waals surface area contributed by atoms with Crippen molar-refractivity contribution in [3.63, 3.8) is 0 Å². The Hall–Kier alpha value is -3.23. The van der Waals surface area contributed by atoms with E-state index in [1.54, 1.807) is 17.4 Å². The van der Waals surface area contributed by atoms with Gasteiger partial charge in [-0.25, -0.2) is 9.37 Å². The summed E-state index contributed by atoms with van der Waals surface area (Å²) in [7, 11) is 0. The number of halogens is 1. The standard InChI is InChI=1S/C26H25FN4O2S/c27-19-7-8-20-21(12-19)29-26(28-20)22-5-3-10-31(22)25(32)15-30-13-17-4-1-2-6-23(17)33-24(14-30)18-9-11-34-16-18/h1-2,4,6-9,11-12,16,22,24H,3,5,10,13-15H2,(H,28,29)/t22-,24-/m0/s1. The molecule has 2 aliphatic rings. The van der Waals surface area contributed by atoms with Gasteiger partial charge in [-0.2, -0.15) is 11.3 Å². The lowest BCUT2D eigenvalue weighted by atomic mass is 10.1. The number of carbonyl (C=O) groups excluding carboxylic acids is 1. The summed E-state index contributed by atoms with van der Waals surface area (Å²) in [6.07, 6.45) is 1.64. The van der Waals surface area contributed by atoms with Gasteiger partial charge in [-0.1, -0.05) is 18.2 Å². The summed E-state index contributed by atoms with van der Waals surface area (Å²) in [6, 6.07) is 14.6. The number of imidazole rings is 1. The highest BCUT2D eigenvalue weighted by Gasteiger charge is 2.34. The first-order valence-electron chi connectivity index (χ1n) is 11.6. The molecular formula is C26H25FN4O2S. The fourth-order valence-corrected chi connectivity index (χ4v) is 5.72. The first-order valence-corrected chi connectivity index (χ1v) is 12.5. The molecule has 2 aromatic carbocycles. The minimum absolute atomic E-state index is 0.0811. The predicted octanol–water partition coefficient (Wildman–Crippen LogP) is 5.06. The predicted molar refractivity (Wildman–Crippen MR) is 129 cm³/mol. The lowest BCUT2D eigenvalue weighted by molar-refractivity contribution is -0.133. The molecule has 6 rings (SSSR count). The number of benzene rings is 2. The summed E-state index contributed by atoms with van der Waals surface area (Å²) in [5, 5.41) is 4.17. The zero-order valence-electron chi connectivity index (χ0n) is 18.6. The van der Waals surface area contributed by atoms with Crippen molar-refractivity contribution < 1.29 is 13.9 Å². The summed E-state index contributed by atoms with van der Waals surface area (Å²) in [4.78, 5) is 25.5. The Labute approximate surface area is 201 Å². The minimum atomic E-state index is -0.300. The summed E-state index contributed by atoms with van der Waals surface area (Å²) in [5.74, 6) is 1.39. The SMILES string of the molecule is O=C(CN1Cc2ccccc2O[C@H](c2ccsc2)C1)N1CCC[C@H]1c1nc2ccc(F)cc2[nH]1. The third kappa shape index (κ3) is 4.08. The van der Waals surface area contributed by atoms with Crippen LogP contribution in [-0.4, -0.2) is 45.3 Å². The molecule has 4 aromatic rings. The highest BCUT2D eigenvalue weighted by atomic mass is 32.1. The molecule has 0 bridgehead atoms. The number of nitrogens with one attached hydrogen (secondary N) is 1. The lowest BCUT2D eigenvalue weighted by Crippen LogP contribution is -2.41. The van der Waals surface area contributed by atoms with E-state index in [2.05, 4.69) is 37.8 Å². The van der Waals surface area contributed by atoms with Crippen LogP contribution in [0, 0.1) is 5.82 Å². The highest BCUT2D eigenvalue weighted by molar-refractivity contribution is 7.07. The van der Waals surface area contributed by atoms with E-state index in [1.807, 2.05) is 23.1 Å². The number of H-pyrrole nitrogens is 1. The van der Waals surface area contributed by atoms with Gasteiger partial charge >= 0.3 is 0 Å². The van der Waals surface area contributed by atoms with Crippen LogP contribution in [0.4, 0.5) is 4.39 Å². The Bertz CT molecular complexity index is 1320. The van der Waals surface area contributed by atoms with Crippen LogP contribution in [0.25, 0.3) is 11.0 Å². The van der Waals surface area contributed by atoms with Gasteiger partial charge < -0.3 is 14.6 Å². The third-order valence-corrected chi connectivity index (χ3v) is 7.39. The van der Waals surface area contributed by atoms with E-state index in [1.165, 1.54) is 12.1 Å². The first kappa shape index (κ1) is 21.3. The average Bonchev–Trinajstić information content (AvgIpc) is 3.58. The van der Waals surface area contributed by atoms with E-state index in [0.29, 0.717) is 31.7 Å². The number of rotatable bonds is 4. The van der Waals surface area contributed by atoms with Crippen LogP contribution in [0.5, 0.6) is 5.75 Å². The van der Waals surface area contributed by atoms with E-state index in [-0.39, 0.29) is 23.9 Å². The maximum atomic E-state index is 13.6. The van der Waals surface area contributed by atoms with Gasteiger partial charge in [-0.15, -0.1) is 0 Å². The van der Waals surface area contributed by atoms with Crippen LogP contribution in [0.1, 0.15) is 41.9 Å². The number of ether oxygens (including phenoxy) is 1. The van der Waals surface area contributed by atoms with Crippen molar-refractivity contribution in [1.82, 2.24) is 19.8 Å². The molecule has 1 N–H and O–H groups in total. The van der Waals surface area contributed by atoms with Crippen molar-refractivity contribution in [2.45, 2.75) is 31.5 Å². The van der Waals surface area contributed by atoms with Crippen LogP contribution >= 0.6 is 11.3 Å². The summed E-state index contributed by atoms with van der Waals surface area (Å²) >= 11 is 1.65. The summed E-state index contributed by atoms with van der Waals surface area (Å²) in [6.45, 7) is 2.30. The molecule has 1 saturated heterocycles. The molecule has 2 atom stereocenters. The van der Waals surface area contributed by atoms with Gasteiger partial charge in [-0.3, -0.25) is 9.69 Å². The maximum Gasteiger partial charge on any atom is 0.237 e. The number of thiophene rings is 1. The maximum absolute atomic E-state index is 13.6. The van der Waals surface area contributed by atoms with Crippen molar-refractivity contribution in [2.75, 3.05) is 19.6 Å². The monoisotopic (exact) mass is 476 g/mol.